The van der Waals surface area contributed by atoms with Crippen molar-refractivity contribution in [2.75, 3.05) is 0 Å². The predicted octanol–water partition coefficient (Wildman–Crippen LogP) is 7.63. The molecule has 4 aromatic carbocycles. The normalized spacial score (nSPS) is 10.9. The van der Waals surface area contributed by atoms with E-state index in [9.17, 15) is 27.2 Å². The lowest BCUT2D eigenvalue weighted by Crippen LogP contribution is -2.11. The molecular weight excluding hydrogens is 506 g/mol. The molecule has 5 aromatic rings. The van der Waals surface area contributed by atoms with Crippen LogP contribution in [0.25, 0.3) is 22.5 Å². The summed E-state index contributed by atoms with van der Waals surface area (Å²) in [6.07, 6.45) is -0.196. The van der Waals surface area contributed by atoms with Gasteiger partial charge in [0.05, 0.1) is 11.4 Å². The second-order valence-electron chi connectivity index (χ2n) is 8.85. The van der Waals surface area contributed by atoms with Gasteiger partial charge in [-0.05, 0) is 109 Å². The zero-order valence-corrected chi connectivity index (χ0v) is 20.3. The molecule has 0 saturated heterocycles. The molecule has 0 atom stereocenters. The molecular formula is C32H19F4NO2. The summed E-state index contributed by atoms with van der Waals surface area (Å²) in [5.74, 6) is -2.79. The molecule has 0 aliphatic carbocycles. The van der Waals surface area contributed by atoms with Crippen LogP contribution in [0.5, 0.6) is 0 Å². The van der Waals surface area contributed by atoms with Gasteiger partial charge >= 0.3 is 0 Å². The van der Waals surface area contributed by atoms with Gasteiger partial charge in [-0.25, -0.2) is 22.5 Å². The molecule has 0 aliphatic heterocycles. The molecule has 1 heterocycles. The van der Waals surface area contributed by atoms with Crippen molar-refractivity contribution in [2.45, 2.75) is 6.42 Å². The molecule has 0 N–H and O–H groups in total. The predicted molar refractivity (Wildman–Crippen MR) is 139 cm³/mol. The lowest BCUT2D eigenvalue weighted by Gasteiger charge is -2.16. The van der Waals surface area contributed by atoms with Crippen LogP contribution < -0.4 is 0 Å². The fraction of sp³-hybridized carbons (Fsp3) is 0.0312. The second-order valence-corrected chi connectivity index (χ2v) is 8.85. The number of hydrogen-bond acceptors (Lipinski definition) is 3. The van der Waals surface area contributed by atoms with Crippen molar-refractivity contribution in [3.8, 4) is 22.5 Å². The van der Waals surface area contributed by atoms with Crippen molar-refractivity contribution in [1.29, 1.82) is 0 Å². The first-order valence-corrected chi connectivity index (χ1v) is 11.9. The average molecular weight is 526 g/mol. The summed E-state index contributed by atoms with van der Waals surface area (Å²) in [5.41, 5.74) is 2.38. The van der Waals surface area contributed by atoms with Gasteiger partial charge in [0.15, 0.2) is 11.6 Å². The van der Waals surface area contributed by atoms with Crippen LogP contribution in [0.3, 0.4) is 0 Å². The second kappa shape index (κ2) is 10.8. The largest absolute Gasteiger partial charge is 0.294 e. The van der Waals surface area contributed by atoms with Gasteiger partial charge in [-0.3, -0.25) is 9.59 Å². The maximum absolute atomic E-state index is 13.7. The molecule has 0 saturated carbocycles. The van der Waals surface area contributed by atoms with E-state index in [2.05, 4.69) is 0 Å². The summed E-state index contributed by atoms with van der Waals surface area (Å²) < 4.78 is 54.4. The van der Waals surface area contributed by atoms with Crippen molar-refractivity contribution in [2.24, 2.45) is 0 Å². The van der Waals surface area contributed by atoms with Crippen LogP contribution >= 0.6 is 0 Å². The lowest BCUT2D eigenvalue weighted by atomic mass is 9.91. The molecule has 0 radical (unpaired) electrons. The highest BCUT2D eigenvalue weighted by Crippen LogP contribution is 2.32. The highest BCUT2D eigenvalue weighted by Gasteiger charge is 2.22. The molecule has 1 aromatic heterocycles. The Hall–Kier alpha value is -4.91. The fourth-order valence-corrected chi connectivity index (χ4v) is 4.22. The van der Waals surface area contributed by atoms with Crippen LogP contribution in [0.1, 0.15) is 31.8 Å². The zero-order chi connectivity index (χ0) is 27.5. The third-order valence-electron chi connectivity index (χ3n) is 6.21. The number of carbonyl (C=O) groups excluding carboxylic acids is 2. The molecule has 192 valence electrons. The Balaban J connectivity index is 1.71. The zero-order valence-electron chi connectivity index (χ0n) is 20.3. The van der Waals surface area contributed by atoms with Crippen molar-refractivity contribution in [3.05, 3.63) is 149 Å². The Bertz CT molecular complexity index is 1660. The van der Waals surface area contributed by atoms with Crippen molar-refractivity contribution >= 4 is 11.6 Å². The van der Waals surface area contributed by atoms with Crippen LogP contribution in [-0.4, -0.2) is 16.6 Å². The Morgan fingerprint density at radius 1 is 0.538 bits per heavy atom. The molecule has 5 rings (SSSR count). The van der Waals surface area contributed by atoms with Crippen LogP contribution in [0.15, 0.2) is 103 Å². The van der Waals surface area contributed by atoms with Gasteiger partial charge in [-0.2, -0.15) is 0 Å². The molecule has 7 heteroatoms. The lowest BCUT2D eigenvalue weighted by molar-refractivity contribution is 0.0990. The summed E-state index contributed by atoms with van der Waals surface area (Å²) >= 11 is 0. The monoisotopic (exact) mass is 525 g/mol. The van der Waals surface area contributed by atoms with E-state index in [0.717, 1.165) is 12.1 Å². The number of nitrogens with zero attached hydrogens (tertiary/aromatic N) is 1. The molecule has 0 amide bonds. The molecule has 3 nitrogen and oxygen atoms in total. The summed E-state index contributed by atoms with van der Waals surface area (Å²) in [7, 11) is 0. The molecule has 0 bridgehead atoms. The molecule has 0 fully saturated rings. The van der Waals surface area contributed by atoms with Crippen LogP contribution in [0, 0.1) is 23.3 Å². The minimum absolute atomic E-state index is 0.112. The van der Waals surface area contributed by atoms with Gasteiger partial charge in [-0.1, -0.05) is 0 Å². The molecule has 39 heavy (non-hydrogen) atoms. The Labute approximate surface area is 221 Å². The number of pyridine rings is 1. The number of benzene rings is 4. The average Bonchev–Trinajstić information content (AvgIpc) is 2.94. The molecule has 0 spiro atoms. The third-order valence-corrected chi connectivity index (χ3v) is 6.21. The molecule has 0 unspecified atom stereocenters. The van der Waals surface area contributed by atoms with Crippen molar-refractivity contribution in [1.82, 2.24) is 4.98 Å². The summed E-state index contributed by atoms with van der Waals surface area (Å²) in [6.45, 7) is 0. The Morgan fingerprint density at radius 3 is 1.44 bits per heavy atom. The van der Waals surface area contributed by atoms with Crippen LogP contribution in [0.2, 0.25) is 0 Å². The minimum atomic E-state index is -0.513. The number of carbonyl (C=O) groups is 2. The number of halogens is 4. The van der Waals surface area contributed by atoms with Gasteiger partial charge in [-0.15, -0.1) is 0 Å². The SMILES string of the molecule is O=C(Cc1cc(C(=O)c2ccc(F)cc2)c(-c2ccc(F)cc2)nc1-c1ccc(F)cc1)c1ccc(F)cc1. The topological polar surface area (TPSA) is 47.0 Å². The Morgan fingerprint density at radius 2 is 0.949 bits per heavy atom. The standard InChI is InChI=1S/C32H19F4NO2/c33-24-9-1-19(2-10-24)29(38)18-23-17-28(32(39)22-7-15-27(36)16-8-22)31(21-5-13-26(35)14-6-21)37-30(23)20-3-11-25(34)12-4-20/h1-17H,18H2. The van der Waals surface area contributed by atoms with Gasteiger partial charge in [0, 0.05) is 34.2 Å². The van der Waals surface area contributed by atoms with E-state index in [1.54, 1.807) is 0 Å². The quantitative estimate of drug-likeness (QED) is 0.162. The number of hydrogen-bond donors (Lipinski definition) is 0. The fourth-order valence-electron chi connectivity index (χ4n) is 4.22. The smallest absolute Gasteiger partial charge is 0.195 e. The summed E-state index contributed by atoms with van der Waals surface area (Å²) in [4.78, 5) is 31.6. The van der Waals surface area contributed by atoms with Gasteiger partial charge in [0.25, 0.3) is 0 Å². The van der Waals surface area contributed by atoms with E-state index in [1.165, 1.54) is 91.0 Å². The van der Waals surface area contributed by atoms with Crippen molar-refractivity contribution < 1.29 is 27.2 Å². The maximum Gasteiger partial charge on any atom is 0.195 e. The van der Waals surface area contributed by atoms with E-state index in [-0.39, 0.29) is 34.6 Å². The minimum Gasteiger partial charge on any atom is -0.294 e. The van der Waals surface area contributed by atoms with Gasteiger partial charge in [0.2, 0.25) is 0 Å². The Kier molecular flexibility index (Phi) is 7.14. The maximum atomic E-state index is 13.7. The summed E-state index contributed by atoms with van der Waals surface area (Å²) in [5, 5.41) is 0. The van der Waals surface area contributed by atoms with Crippen molar-refractivity contribution in [3.63, 3.8) is 0 Å². The van der Waals surface area contributed by atoms with Gasteiger partial charge < -0.3 is 0 Å². The highest BCUT2D eigenvalue weighted by atomic mass is 19.1. The van der Waals surface area contributed by atoms with E-state index >= 15 is 0 Å². The van der Waals surface area contributed by atoms with Crippen LogP contribution in [-0.2, 0) is 6.42 Å². The first kappa shape index (κ1) is 25.7. The molecule has 0 aliphatic rings. The number of ketones is 2. The number of aromatic nitrogens is 1. The van der Waals surface area contributed by atoms with Gasteiger partial charge in [0.1, 0.15) is 23.3 Å². The van der Waals surface area contributed by atoms with E-state index in [1.807, 2.05) is 0 Å². The van der Waals surface area contributed by atoms with E-state index in [4.69, 9.17) is 4.98 Å². The first-order valence-electron chi connectivity index (χ1n) is 11.9. The first-order chi connectivity index (χ1) is 18.8. The summed E-state index contributed by atoms with van der Waals surface area (Å²) in [6, 6.07) is 22.5. The highest BCUT2D eigenvalue weighted by molar-refractivity contribution is 6.13. The number of rotatable bonds is 7. The van der Waals surface area contributed by atoms with E-state index in [0.29, 0.717) is 22.4 Å². The third kappa shape index (κ3) is 5.67. The van der Waals surface area contributed by atoms with E-state index < -0.39 is 29.1 Å². The number of Topliss-reactive ketones (excluding diaryl/α,β-unsaturated/α-hetero) is 1. The van der Waals surface area contributed by atoms with Crippen LogP contribution in [0.4, 0.5) is 17.6 Å².